The van der Waals surface area contributed by atoms with Gasteiger partial charge in [-0.3, -0.25) is 4.79 Å². The molecule has 222 valence electrons. The average molecular weight is 635 g/mol. The Kier molecular flexibility index (Phi) is 7.40. The number of nitrogens with zero attached hydrogens (tertiary/aromatic N) is 2. The molecule has 3 atom stereocenters. The van der Waals surface area contributed by atoms with E-state index in [1.807, 2.05) is 50.8 Å². The molecular formula is C34H40BrN3O4. The van der Waals surface area contributed by atoms with Crippen molar-refractivity contribution in [3.8, 4) is 11.5 Å². The second-order valence-electron chi connectivity index (χ2n) is 13.1. The zero-order valence-corrected chi connectivity index (χ0v) is 26.9. The topological polar surface area (TPSA) is 76.7 Å². The lowest BCUT2D eigenvalue weighted by molar-refractivity contribution is 0.0476. The molecule has 0 bridgehead atoms. The first-order valence-electron chi connectivity index (χ1n) is 15.1. The van der Waals surface area contributed by atoms with Crippen LogP contribution in [0.2, 0.25) is 0 Å². The number of benzene rings is 2. The van der Waals surface area contributed by atoms with Crippen molar-refractivity contribution in [3.05, 3.63) is 58.1 Å². The number of nitrogens with one attached hydrogen (secondary N) is 1. The lowest BCUT2D eigenvalue weighted by Crippen LogP contribution is -2.48. The lowest BCUT2D eigenvalue weighted by Gasteiger charge is -2.27. The van der Waals surface area contributed by atoms with Gasteiger partial charge in [-0.25, -0.2) is 4.79 Å². The number of aryl methyl sites for hydroxylation is 1. The molecule has 42 heavy (non-hydrogen) atoms. The summed E-state index contributed by atoms with van der Waals surface area (Å²) in [4.78, 5) is 28.3. The molecule has 6 rings (SSSR count). The van der Waals surface area contributed by atoms with Crippen molar-refractivity contribution in [3.63, 3.8) is 0 Å². The van der Waals surface area contributed by atoms with Gasteiger partial charge in [0, 0.05) is 51.0 Å². The fourth-order valence-corrected chi connectivity index (χ4v) is 6.74. The Morgan fingerprint density at radius 3 is 2.57 bits per heavy atom. The van der Waals surface area contributed by atoms with Gasteiger partial charge in [0.15, 0.2) is 5.76 Å². The van der Waals surface area contributed by atoms with E-state index in [0.717, 1.165) is 39.8 Å². The maximum Gasteiger partial charge on any atom is 0.407 e. The van der Waals surface area contributed by atoms with Gasteiger partial charge < -0.3 is 23.9 Å². The highest BCUT2D eigenvalue weighted by molar-refractivity contribution is 9.10. The van der Waals surface area contributed by atoms with Gasteiger partial charge in [-0.2, -0.15) is 0 Å². The van der Waals surface area contributed by atoms with E-state index in [1.165, 1.54) is 23.7 Å². The first-order valence-corrected chi connectivity index (χ1v) is 15.9. The zero-order chi connectivity index (χ0) is 29.9. The van der Waals surface area contributed by atoms with E-state index >= 15 is 0 Å². The van der Waals surface area contributed by atoms with Crippen molar-refractivity contribution >= 4 is 49.8 Å². The molecule has 2 amide bonds. The van der Waals surface area contributed by atoms with Crippen LogP contribution in [-0.2, 0) is 11.3 Å². The largest absolute Gasteiger partial charge is 0.454 e. The molecule has 2 unspecified atom stereocenters. The number of carbonyl (C=O) groups excluding carboxylic acids is 2. The molecule has 2 fully saturated rings. The minimum absolute atomic E-state index is 0.0559. The predicted molar refractivity (Wildman–Crippen MR) is 170 cm³/mol. The summed E-state index contributed by atoms with van der Waals surface area (Å²) in [5.74, 6) is 1.64. The third-order valence-electron chi connectivity index (χ3n) is 8.84. The number of likely N-dealkylation sites (tertiary alicyclic amines) is 1. The monoisotopic (exact) mass is 633 g/mol. The third-order valence-corrected chi connectivity index (χ3v) is 9.33. The van der Waals surface area contributed by atoms with Gasteiger partial charge in [-0.15, -0.1) is 0 Å². The van der Waals surface area contributed by atoms with Crippen molar-refractivity contribution in [2.24, 2.45) is 11.8 Å². The van der Waals surface area contributed by atoms with Gasteiger partial charge in [0.1, 0.15) is 11.2 Å². The molecule has 8 heteroatoms. The summed E-state index contributed by atoms with van der Waals surface area (Å²) < 4.78 is 15.5. The summed E-state index contributed by atoms with van der Waals surface area (Å²) in [5, 5.41) is 5.24. The fraction of sp³-hybridized carbons (Fsp3) is 0.471. The van der Waals surface area contributed by atoms with Gasteiger partial charge in [0.2, 0.25) is 0 Å². The number of rotatable bonds is 6. The Morgan fingerprint density at radius 1 is 1.12 bits per heavy atom. The number of hydrogen-bond acceptors (Lipinski definition) is 4. The average Bonchev–Trinajstić information content (AvgIpc) is 3.51. The van der Waals surface area contributed by atoms with E-state index in [2.05, 4.69) is 63.9 Å². The minimum atomic E-state index is -0.582. The van der Waals surface area contributed by atoms with Crippen LogP contribution in [0.4, 0.5) is 4.79 Å². The van der Waals surface area contributed by atoms with Crippen LogP contribution in [-0.4, -0.2) is 45.7 Å². The molecule has 1 aliphatic heterocycles. The second-order valence-corrected chi connectivity index (χ2v) is 14.0. The van der Waals surface area contributed by atoms with Crippen LogP contribution in [0.25, 0.3) is 33.3 Å². The smallest absolute Gasteiger partial charge is 0.407 e. The van der Waals surface area contributed by atoms with Gasteiger partial charge in [0.05, 0.1) is 11.7 Å². The highest BCUT2D eigenvalue weighted by Gasteiger charge is 2.42. The number of fused-ring (bicyclic) bond motifs is 2. The quantitative estimate of drug-likeness (QED) is 0.232. The number of amides is 2. The van der Waals surface area contributed by atoms with Crippen LogP contribution < -0.4 is 5.32 Å². The Labute approximate surface area is 255 Å². The molecule has 3 heterocycles. The molecule has 1 saturated carbocycles. The number of alkyl carbamates (subject to hydrolysis) is 1. The van der Waals surface area contributed by atoms with Gasteiger partial charge in [-0.1, -0.05) is 35.0 Å². The van der Waals surface area contributed by atoms with Crippen LogP contribution in [0.15, 0.2) is 51.4 Å². The van der Waals surface area contributed by atoms with Crippen molar-refractivity contribution in [1.29, 1.82) is 0 Å². The summed E-state index contributed by atoms with van der Waals surface area (Å²) in [5.41, 5.74) is 4.06. The Balaban J connectivity index is 1.30. The Hall–Kier alpha value is -3.26. The maximum absolute atomic E-state index is 13.8. The van der Waals surface area contributed by atoms with E-state index in [-0.39, 0.29) is 23.9 Å². The first-order chi connectivity index (χ1) is 19.9. The predicted octanol–water partition coefficient (Wildman–Crippen LogP) is 8.30. The third kappa shape index (κ3) is 5.46. The number of ether oxygens (including phenoxy) is 1. The molecule has 1 aliphatic carbocycles. The van der Waals surface area contributed by atoms with E-state index in [0.29, 0.717) is 23.6 Å². The number of halogens is 1. The Bertz CT molecular complexity index is 1680. The van der Waals surface area contributed by atoms with E-state index < -0.39 is 11.7 Å². The Morgan fingerprint density at radius 2 is 1.88 bits per heavy atom. The number of hydrogen-bond donors (Lipinski definition) is 1. The fourth-order valence-electron chi connectivity index (χ4n) is 6.39. The van der Waals surface area contributed by atoms with Crippen LogP contribution in [0, 0.1) is 18.8 Å². The summed E-state index contributed by atoms with van der Waals surface area (Å²) >= 11 is 3.65. The molecule has 2 aliphatic rings. The summed E-state index contributed by atoms with van der Waals surface area (Å²) in [6.07, 6.45) is 2.93. The highest BCUT2D eigenvalue weighted by atomic mass is 79.9. The molecule has 1 N–H and O–H groups in total. The van der Waals surface area contributed by atoms with E-state index in [4.69, 9.17) is 9.15 Å². The van der Waals surface area contributed by atoms with Crippen molar-refractivity contribution in [1.82, 2.24) is 14.8 Å². The van der Waals surface area contributed by atoms with Gasteiger partial charge in [0.25, 0.3) is 5.91 Å². The normalized spacial score (nSPS) is 20.9. The SMILES string of the molecule is CCC1CN(C(=O)c2ccc3c(C)c(-c4cc5ccc(Br)cc5n4CC4CC4)oc3c2)C(C)[C@@H]1NC(=O)OC(C)(C)C. The molecule has 2 aromatic carbocycles. The minimum Gasteiger partial charge on any atom is -0.454 e. The van der Waals surface area contributed by atoms with Crippen LogP contribution in [0.5, 0.6) is 0 Å². The first kappa shape index (κ1) is 28.8. The van der Waals surface area contributed by atoms with Gasteiger partial charge >= 0.3 is 6.09 Å². The van der Waals surface area contributed by atoms with E-state index in [1.54, 1.807) is 0 Å². The summed E-state index contributed by atoms with van der Waals surface area (Å²) in [7, 11) is 0. The molecular weight excluding hydrogens is 594 g/mol. The van der Waals surface area contributed by atoms with E-state index in [9.17, 15) is 9.59 Å². The lowest BCUT2D eigenvalue weighted by atomic mass is 9.97. The van der Waals surface area contributed by atoms with Crippen LogP contribution in [0.3, 0.4) is 0 Å². The summed E-state index contributed by atoms with van der Waals surface area (Å²) in [6.45, 7) is 13.3. The van der Waals surface area contributed by atoms with Crippen LogP contribution >= 0.6 is 15.9 Å². The molecule has 1 saturated heterocycles. The molecule has 2 aromatic heterocycles. The zero-order valence-electron chi connectivity index (χ0n) is 25.3. The second kappa shape index (κ2) is 10.8. The van der Waals surface area contributed by atoms with Crippen molar-refractivity contribution in [2.45, 2.75) is 85.0 Å². The van der Waals surface area contributed by atoms with Crippen LogP contribution in [0.1, 0.15) is 69.8 Å². The molecule has 4 aromatic rings. The van der Waals surface area contributed by atoms with Crippen molar-refractivity contribution in [2.75, 3.05) is 6.54 Å². The maximum atomic E-state index is 13.8. The highest BCUT2D eigenvalue weighted by Crippen LogP contribution is 2.40. The number of aromatic nitrogens is 1. The van der Waals surface area contributed by atoms with Gasteiger partial charge in [-0.05, 0) is 96.0 Å². The number of furan rings is 1. The number of carbonyl (C=O) groups is 2. The molecule has 0 radical (unpaired) electrons. The van der Waals surface area contributed by atoms with Crippen molar-refractivity contribution < 1.29 is 18.7 Å². The summed E-state index contributed by atoms with van der Waals surface area (Å²) in [6, 6.07) is 14.1. The molecule has 7 nitrogen and oxygen atoms in total. The molecule has 0 spiro atoms. The standard InChI is InChI=1S/C34H40BrN3O4/c1-7-22-18-37(20(3)30(22)36-33(40)42-34(4,5)6)32(39)24-11-13-26-19(2)31(41-29(26)15-24)28-14-23-10-12-25(35)16-27(23)38(28)17-21-8-9-21/h10-16,20-22,30H,7-9,17-18H2,1-6H3,(H,36,40)/t20?,22?,30-/m0/s1.